The average Bonchev–Trinajstić information content (AvgIpc) is 2.56. The Balaban J connectivity index is 2.14. The van der Waals surface area contributed by atoms with Crippen molar-refractivity contribution in [3.05, 3.63) is 53.7 Å². The zero-order valence-electron chi connectivity index (χ0n) is 12.5. The second-order valence-corrected chi connectivity index (χ2v) is 5.28. The number of carbonyl (C=O) groups is 1. The van der Waals surface area contributed by atoms with Gasteiger partial charge in [0.1, 0.15) is 5.69 Å². The number of hydrogen-bond donors (Lipinski definition) is 1. The molecule has 1 amide bonds. The molecule has 3 rings (SSSR count). The fourth-order valence-electron chi connectivity index (χ4n) is 2.59. The Kier molecular flexibility index (Phi) is 3.87. The van der Waals surface area contributed by atoms with Gasteiger partial charge in [0.15, 0.2) is 0 Å². The van der Waals surface area contributed by atoms with Crippen LogP contribution in [0.2, 0.25) is 0 Å². The standard InChI is InChI=1S/C17H18N4O/c1-12-14(13-8-4-2-5-9-13)19-17(20-15(12)16(18)22)21-10-6-3-7-11-21/h2-6,8-9H,7,10-11H2,1H3,(H2,18,22). The van der Waals surface area contributed by atoms with E-state index in [0.29, 0.717) is 11.6 Å². The molecule has 2 N–H and O–H groups in total. The fourth-order valence-corrected chi connectivity index (χ4v) is 2.59. The summed E-state index contributed by atoms with van der Waals surface area (Å²) < 4.78 is 0. The van der Waals surface area contributed by atoms with Gasteiger partial charge in [0.25, 0.3) is 5.91 Å². The largest absolute Gasteiger partial charge is 0.364 e. The highest BCUT2D eigenvalue weighted by atomic mass is 16.1. The summed E-state index contributed by atoms with van der Waals surface area (Å²) in [6.45, 7) is 3.42. The summed E-state index contributed by atoms with van der Waals surface area (Å²) >= 11 is 0. The van der Waals surface area contributed by atoms with E-state index >= 15 is 0 Å². The summed E-state index contributed by atoms with van der Waals surface area (Å²) in [6, 6.07) is 9.79. The highest BCUT2D eigenvalue weighted by Gasteiger charge is 2.19. The number of aromatic nitrogens is 2. The van der Waals surface area contributed by atoms with Crippen LogP contribution in [-0.2, 0) is 0 Å². The Morgan fingerprint density at radius 3 is 2.59 bits per heavy atom. The summed E-state index contributed by atoms with van der Waals surface area (Å²) in [6.07, 6.45) is 5.17. The average molecular weight is 294 g/mol. The van der Waals surface area contributed by atoms with E-state index in [4.69, 9.17) is 5.73 Å². The van der Waals surface area contributed by atoms with Crippen LogP contribution in [0.25, 0.3) is 11.3 Å². The van der Waals surface area contributed by atoms with E-state index in [2.05, 4.69) is 27.0 Å². The molecule has 1 aromatic carbocycles. The molecule has 0 atom stereocenters. The molecule has 0 aliphatic carbocycles. The van der Waals surface area contributed by atoms with Gasteiger partial charge in [-0.25, -0.2) is 9.97 Å². The Bertz CT molecular complexity index is 725. The van der Waals surface area contributed by atoms with Crippen LogP contribution >= 0.6 is 0 Å². The normalized spacial score (nSPS) is 14.1. The van der Waals surface area contributed by atoms with Gasteiger partial charge in [0, 0.05) is 24.2 Å². The first-order valence-corrected chi connectivity index (χ1v) is 7.30. The second-order valence-electron chi connectivity index (χ2n) is 5.28. The van der Waals surface area contributed by atoms with E-state index in [-0.39, 0.29) is 0 Å². The van der Waals surface area contributed by atoms with Gasteiger partial charge in [-0.2, -0.15) is 0 Å². The van der Waals surface area contributed by atoms with Crippen LogP contribution in [0.15, 0.2) is 42.5 Å². The Morgan fingerprint density at radius 1 is 1.18 bits per heavy atom. The topological polar surface area (TPSA) is 72.1 Å². The Labute approximate surface area is 129 Å². The van der Waals surface area contributed by atoms with Gasteiger partial charge in [-0.15, -0.1) is 0 Å². The number of carbonyl (C=O) groups excluding carboxylic acids is 1. The van der Waals surface area contributed by atoms with E-state index in [1.807, 2.05) is 37.3 Å². The van der Waals surface area contributed by atoms with Crippen molar-refractivity contribution in [1.29, 1.82) is 0 Å². The summed E-state index contributed by atoms with van der Waals surface area (Å²) in [5, 5.41) is 0. The molecule has 2 heterocycles. The predicted octanol–water partition coefficient (Wildman–Crippen LogP) is 2.32. The highest BCUT2D eigenvalue weighted by Crippen LogP contribution is 2.26. The third-order valence-electron chi connectivity index (χ3n) is 3.76. The molecular weight excluding hydrogens is 276 g/mol. The molecule has 0 fully saturated rings. The van der Waals surface area contributed by atoms with Crippen molar-refractivity contribution in [2.75, 3.05) is 18.0 Å². The number of nitrogens with zero attached hydrogens (tertiary/aromatic N) is 3. The van der Waals surface area contributed by atoms with Crippen molar-refractivity contribution in [2.45, 2.75) is 13.3 Å². The highest BCUT2D eigenvalue weighted by molar-refractivity contribution is 5.94. The number of hydrogen-bond acceptors (Lipinski definition) is 4. The van der Waals surface area contributed by atoms with E-state index in [1.54, 1.807) is 0 Å². The minimum atomic E-state index is -0.522. The van der Waals surface area contributed by atoms with Gasteiger partial charge in [0.2, 0.25) is 5.95 Å². The maximum Gasteiger partial charge on any atom is 0.267 e. The molecule has 0 bridgehead atoms. The number of amides is 1. The lowest BCUT2D eigenvalue weighted by molar-refractivity contribution is 0.0995. The SMILES string of the molecule is Cc1c(C(N)=O)nc(N2CC=CCC2)nc1-c1ccccc1. The van der Waals surface area contributed by atoms with Crippen molar-refractivity contribution in [1.82, 2.24) is 9.97 Å². The molecular formula is C17H18N4O. The number of anilines is 1. The fraction of sp³-hybridized carbons (Fsp3) is 0.235. The van der Waals surface area contributed by atoms with Crippen LogP contribution in [0.5, 0.6) is 0 Å². The third kappa shape index (κ3) is 2.70. The van der Waals surface area contributed by atoms with Gasteiger partial charge in [-0.3, -0.25) is 4.79 Å². The quantitative estimate of drug-likeness (QED) is 0.882. The molecule has 0 spiro atoms. The second kappa shape index (κ2) is 5.97. The Hall–Kier alpha value is -2.69. The first kappa shape index (κ1) is 14.3. The van der Waals surface area contributed by atoms with Crippen molar-refractivity contribution < 1.29 is 4.79 Å². The van der Waals surface area contributed by atoms with Crippen molar-refractivity contribution in [3.63, 3.8) is 0 Å². The zero-order chi connectivity index (χ0) is 15.5. The van der Waals surface area contributed by atoms with Crippen molar-refractivity contribution >= 4 is 11.9 Å². The molecule has 22 heavy (non-hydrogen) atoms. The summed E-state index contributed by atoms with van der Waals surface area (Å²) in [5.74, 6) is 0.0356. The summed E-state index contributed by atoms with van der Waals surface area (Å²) in [5.41, 5.74) is 8.22. The molecule has 1 aliphatic heterocycles. The number of primary amides is 1. The lowest BCUT2D eigenvalue weighted by atomic mass is 10.1. The molecule has 0 saturated carbocycles. The van der Waals surface area contributed by atoms with Crippen molar-refractivity contribution in [3.8, 4) is 11.3 Å². The van der Waals surface area contributed by atoms with Gasteiger partial charge in [-0.05, 0) is 13.3 Å². The van der Waals surface area contributed by atoms with E-state index in [9.17, 15) is 4.79 Å². The van der Waals surface area contributed by atoms with Crippen LogP contribution in [0.1, 0.15) is 22.5 Å². The lowest BCUT2D eigenvalue weighted by Crippen LogP contribution is -2.30. The van der Waals surface area contributed by atoms with Crippen LogP contribution in [0, 0.1) is 6.92 Å². The zero-order valence-corrected chi connectivity index (χ0v) is 12.5. The summed E-state index contributed by atoms with van der Waals surface area (Å²) in [7, 11) is 0. The molecule has 0 saturated heterocycles. The van der Waals surface area contributed by atoms with E-state index in [1.165, 1.54) is 0 Å². The lowest BCUT2D eigenvalue weighted by Gasteiger charge is -2.24. The van der Waals surface area contributed by atoms with Gasteiger partial charge < -0.3 is 10.6 Å². The molecule has 1 aliphatic rings. The molecule has 1 aromatic heterocycles. The first-order chi connectivity index (χ1) is 10.7. The van der Waals surface area contributed by atoms with Gasteiger partial charge in [0.05, 0.1) is 5.69 Å². The maximum absolute atomic E-state index is 11.7. The molecule has 112 valence electrons. The van der Waals surface area contributed by atoms with E-state index in [0.717, 1.165) is 36.3 Å². The maximum atomic E-state index is 11.7. The van der Waals surface area contributed by atoms with Crippen LogP contribution in [0.4, 0.5) is 5.95 Å². The smallest absolute Gasteiger partial charge is 0.267 e. The van der Waals surface area contributed by atoms with Crippen LogP contribution < -0.4 is 10.6 Å². The molecule has 2 aromatic rings. The number of nitrogens with two attached hydrogens (primary N) is 1. The summed E-state index contributed by atoms with van der Waals surface area (Å²) in [4.78, 5) is 22.9. The minimum absolute atomic E-state index is 0.290. The van der Waals surface area contributed by atoms with Gasteiger partial charge in [-0.1, -0.05) is 42.5 Å². The van der Waals surface area contributed by atoms with Crippen molar-refractivity contribution in [2.24, 2.45) is 5.73 Å². The van der Waals surface area contributed by atoms with Crippen LogP contribution in [-0.4, -0.2) is 29.0 Å². The van der Waals surface area contributed by atoms with Gasteiger partial charge >= 0.3 is 0 Å². The first-order valence-electron chi connectivity index (χ1n) is 7.30. The molecule has 0 radical (unpaired) electrons. The monoisotopic (exact) mass is 294 g/mol. The third-order valence-corrected chi connectivity index (χ3v) is 3.76. The number of rotatable bonds is 3. The molecule has 5 nitrogen and oxygen atoms in total. The van der Waals surface area contributed by atoms with Crippen LogP contribution in [0.3, 0.4) is 0 Å². The number of benzene rings is 1. The predicted molar refractivity (Wildman–Crippen MR) is 86.7 cm³/mol. The minimum Gasteiger partial charge on any atom is -0.364 e. The molecule has 0 unspecified atom stereocenters. The van der Waals surface area contributed by atoms with E-state index < -0.39 is 5.91 Å². The molecule has 5 heteroatoms. The Morgan fingerprint density at radius 2 is 1.95 bits per heavy atom.